The Hall–Kier alpha value is -3.21. The number of aromatic nitrogens is 2. The van der Waals surface area contributed by atoms with Gasteiger partial charge in [0.1, 0.15) is 30.3 Å². The average molecular weight is 345 g/mol. The minimum atomic E-state index is -0.831. The van der Waals surface area contributed by atoms with Gasteiger partial charge in [0.25, 0.3) is 0 Å². The highest BCUT2D eigenvalue weighted by Gasteiger charge is 2.22. The first-order valence-corrected chi connectivity index (χ1v) is 6.97. The lowest BCUT2D eigenvalue weighted by Gasteiger charge is -2.10. The molecule has 24 heavy (non-hydrogen) atoms. The summed E-state index contributed by atoms with van der Waals surface area (Å²) in [5.74, 6) is 4.57. The van der Waals surface area contributed by atoms with Gasteiger partial charge in [0, 0.05) is 13.1 Å². The molecule has 0 saturated carbocycles. The largest absolute Gasteiger partial charge is 0.479 e. The number of ether oxygens (including phenoxy) is 1. The van der Waals surface area contributed by atoms with Gasteiger partial charge in [-0.2, -0.15) is 10.5 Å². The number of rotatable bonds is 3. The van der Waals surface area contributed by atoms with Crippen LogP contribution in [0.15, 0.2) is 16.9 Å². The molecule has 0 aliphatic carbocycles. The Labute approximate surface area is 141 Å². The molecule has 0 atom stereocenters. The van der Waals surface area contributed by atoms with Crippen LogP contribution in [0.4, 0.5) is 4.39 Å². The van der Waals surface area contributed by atoms with Gasteiger partial charge in [0.2, 0.25) is 0 Å². The fraction of sp³-hybridized carbons (Fsp3) is 0.188. The quantitative estimate of drug-likeness (QED) is 0.798. The predicted octanol–water partition coefficient (Wildman–Crippen LogP) is 2.11. The molecule has 0 saturated heterocycles. The average Bonchev–Trinajstić information content (AvgIpc) is 2.80. The van der Waals surface area contributed by atoms with E-state index in [4.69, 9.17) is 21.6 Å². The molecule has 2 rings (SSSR count). The smallest absolute Gasteiger partial charge is 0.334 e. The Morgan fingerprint density at radius 1 is 1.29 bits per heavy atom. The van der Waals surface area contributed by atoms with Crippen LogP contribution in [0.1, 0.15) is 18.3 Å². The standard InChI is InChI=1S/C16H10ClFN4O2/c1-3-4-5-24-15-7-12(11(18)6-10(15)17)22-14(9-20)13(8-19)21(2)16(22)23/h6-7H,5H2,1-2H3. The summed E-state index contributed by atoms with van der Waals surface area (Å²) in [4.78, 5) is 12.3. The summed E-state index contributed by atoms with van der Waals surface area (Å²) in [6.45, 7) is 1.66. The third-order valence-electron chi connectivity index (χ3n) is 3.19. The first-order valence-electron chi connectivity index (χ1n) is 6.60. The molecule has 0 spiro atoms. The molecule has 1 aromatic carbocycles. The van der Waals surface area contributed by atoms with Gasteiger partial charge in [0.05, 0.1) is 10.7 Å². The molecule has 0 unspecified atom stereocenters. The Kier molecular flexibility index (Phi) is 4.94. The van der Waals surface area contributed by atoms with Gasteiger partial charge in [-0.05, 0) is 13.0 Å². The van der Waals surface area contributed by atoms with Crippen molar-refractivity contribution in [2.24, 2.45) is 7.05 Å². The topological polar surface area (TPSA) is 83.7 Å². The van der Waals surface area contributed by atoms with Crippen molar-refractivity contribution in [3.05, 3.63) is 44.8 Å². The summed E-state index contributed by atoms with van der Waals surface area (Å²) in [7, 11) is 1.32. The molecule has 120 valence electrons. The summed E-state index contributed by atoms with van der Waals surface area (Å²) < 4.78 is 21.4. The monoisotopic (exact) mass is 344 g/mol. The van der Waals surface area contributed by atoms with Crippen LogP contribution < -0.4 is 10.4 Å². The number of nitrogens with zero attached hydrogens (tertiary/aromatic N) is 4. The summed E-state index contributed by atoms with van der Waals surface area (Å²) in [5, 5.41) is 18.3. The lowest BCUT2D eigenvalue weighted by Crippen LogP contribution is -2.22. The zero-order valence-electron chi connectivity index (χ0n) is 12.7. The van der Waals surface area contributed by atoms with Crippen LogP contribution in [0, 0.1) is 40.3 Å². The Balaban J connectivity index is 2.72. The van der Waals surface area contributed by atoms with Crippen molar-refractivity contribution in [1.29, 1.82) is 10.5 Å². The van der Waals surface area contributed by atoms with E-state index in [2.05, 4.69) is 11.8 Å². The minimum absolute atomic E-state index is 0.00264. The van der Waals surface area contributed by atoms with E-state index >= 15 is 0 Å². The van der Waals surface area contributed by atoms with Gasteiger partial charge in [-0.15, -0.1) is 5.92 Å². The molecule has 2 aromatic rings. The van der Waals surface area contributed by atoms with Crippen molar-refractivity contribution >= 4 is 11.6 Å². The molecule has 0 fully saturated rings. The van der Waals surface area contributed by atoms with Crippen molar-refractivity contribution in [2.75, 3.05) is 6.61 Å². The van der Waals surface area contributed by atoms with Crippen LogP contribution in [0.25, 0.3) is 5.69 Å². The van der Waals surface area contributed by atoms with Gasteiger partial charge >= 0.3 is 5.69 Å². The van der Waals surface area contributed by atoms with Crippen LogP contribution in [-0.4, -0.2) is 15.7 Å². The Bertz CT molecular complexity index is 1010. The SMILES string of the molecule is CC#CCOc1cc(-n2c(C#N)c(C#N)n(C)c2=O)c(F)cc1Cl. The minimum Gasteiger partial charge on any atom is -0.479 e. The second kappa shape index (κ2) is 6.91. The van der Waals surface area contributed by atoms with Crippen LogP contribution in [-0.2, 0) is 7.05 Å². The summed E-state index contributed by atoms with van der Waals surface area (Å²) in [5.41, 5.74) is -1.41. The first kappa shape index (κ1) is 17.1. The molecule has 6 nitrogen and oxygen atoms in total. The van der Waals surface area contributed by atoms with Gasteiger partial charge in [-0.3, -0.25) is 4.57 Å². The number of benzene rings is 1. The van der Waals surface area contributed by atoms with Crippen molar-refractivity contribution in [1.82, 2.24) is 9.13 Å². The summed E-state index contributed by atoms with van der Waals surface area (Å²) in [6, 6.07) is 5.66. The number of halogens is 2. The van der Waals surface area contributed by atoms with E-state index < -0.39 is 11.5 Å². The maximum Gasteiger partial charge on any atom is 0.334 e. The maximum absolute atomic E-state index is 14.3. The van der Waals surface area contributed by atoms with Crippen LogP contribution in [0.2, 0.25) is 5.02 Å². The summed E-state index contributed by atoms with van der Waals surface area (Å²) in [6.07, 6.45) is 0. The first-order chi connectivity index (χ1) is 11.5. The van der Waals surface area contributed by atoms with Gasteiger partial charge in [-0.1, -0.05) is 17.5 Å². The molecule has 0 amide bonds. The van der Waals surface area contributed by atoms with E-state index in [1.165, 1.54) is 13.1 Å². The van der Waals surface area contributed by atoms with Gasteiger partial charge < -0.3 is 4.74 Å². The normalized spacial score (nSPS) is 9.58. The van der Waals surface area contributed by atoms with Crippen molar-refractivity contribution < 1.29 is 9.13 Å². The van der Waals surface area contributed by atoms with E-state index in [1.54, 1.807) is 19.1 Å². The van der Waals surface area contributed by atoms with E-state index in [9.17, 15) is 14.4 Å². The van der Waals surface area contributed by atoms with Crippen LogP contribution in [0.3, 0.4) is 0 Å². The molecule has 0 radical (unpaired) electrons. The second-order valence-corrected chi connectivity index (χ2v) is 4.95. The van der Waals surface area contributed by atoms with Crippen molar-refractivity contribution in [3.63, 3.8) is 0 Å². The lowest BCUT2D eigenvalue weighted by molar-refractivity contribution is 0.369. The van der Waals surface area contributed by atoms with Gasteiger partial charge in [-0.25, -0.2) is 13.8 Å². The fourth-order valence-corrected chi connectivity index (χ4v) is 2.25. The van der Waals surface area contributed by atoms with E-state index in [0.717, 1.165) is 15.2 Å². The van der Waals surface area contributed by atoms with Crippen LogP contribution in [0.5, 0.6) is 5.75 Å². The number of hydrogen-bond acceptors (Lipinski definition) is 4. The zero-order chi connectivity index (χ0) is 17.9. The van der Waals surface area contributed by atoms with Crippen molar-refractivity contribution in [3.8, 4) is 35.4 Å². The highest BCUT2D eigenvalue weighted by atomic mass is 35.5. The molecular weight excluding hydrogens is 335 g/mol. The zero-order valence-corrected chi connectivity index (χ0v) is 13.5. The molecule has 0 bridgehead atoms. The molecule has 1 heterocycles. The van der Waals surface area contributed by atoms with E-state index in [0.29, 0.717) is 0 Å². The summed E-state index contributed by atoms with van der Waals surface area (Å²) >= 11 is 5.92. The maximum atomic E-state index is 14.3. The lowest BCUT2D eigenvalue weighted by atomic mass is 10.2. The third-order valence-corrected chi connectivity index (χ3v) is 3.49. The third kappa shape index (κ3) is 2.84. The highest BCUT2D eigenvalue weighted by Crippen LogP contribution is 2.30. The molecular formula is C16H10ClFN4O2. The fourth-order valence-electron chi connectivity index (χ4n) is 2.05. The van der Waals surface area contributed by atoms with E-state index in [1.807, 2.05) is 0 Å². The number of imidazole rings is 1. The van der Waals surface area contributed by atoms with E-state index in [-0.39, 0.29) is 34.5 Å². The Morgan fingerprint density at radius 2 is 1.96 bits per heavy atom. The Morgan fingerprint density at radius 3 is 2.54 bits per heavy atom. The molecule has 0 aliphatic heterocycles. The molecule has 1 aromatic heterocycles. The molecule has 0 aliphatic rings. The molecule has 0 N–H and O–H groups in total. The predicted molar refractivity (Wildman–Crippen MR) is 84.4 cm³/mol. The number of nitriles is 2. The second-order valence-electron chi connectivity index (χ2n) is 4.55. The van der Waals surface area contributed by atoms with Crippen LogP contribution >= 0.6 is 11.6 Å². The number of hydrogen-bond donors (Lipinski definition) is 0. The molecule has 8 heteroatoms. The highest BCUT2D eigenvalue weighted by molar-refractivity contribution is 6.32. The van der Waals surface area contributed by atoms with Gasteiger partial charge in [0.15, 0.2) is 11.4 Å². The van der Waals surface area contributed by atoms with Crippen molar-refractivity contribution in [2.45, 2.75) is 6.92 Å².